The molecule has 7 heavy (non-hydrogen) atoms. The Morgan fingerprint density at radius 1 is 1.00 bits per heavy atom. The zero-order valence-electron chi connectivity index (χ0n) is 3.49. The zero-order chi connectivity index (χ0) is 4.50. The number of rotatable bonds is 0. The van der Waals surface area contributed by atoms with Crippen LogP contribution in [0.5, 0.6) is 0 Å². The first-order chi connectivity index (χ1) is 2.00. The van der Waals surface area contributed by atoms with E-state index in [2.05, 4.69) is 11.8 Å². The topological polar surface area (TPSA) is 69.2 Å². The van der Waals surface area contributed by atoms with Crippen molar-refractivity contribution in [3.8, 4) is 0 Å². The molecule has 0 unspecified atom stereocenters. The Morgan fingerprint density at radius 2 is 1.00 bits per heavy atom. The average molecular weight is 191 g/mol. The first-order valence-electron chi connectivity index (χ1n) is 0.730. The first kappa shape index (κ1) is 16.6. The Balaban J connectivity index is -0.0000000800. The standard InChI is InChI=1S/2Ca.H3O3PS/c;;1-4(2,3)5/h;;(H3,1,2,3,5)/q2*+2;/p-3. The second-order valence-corrected chi connectivity index (χ2v) is 2.68. The summed E-state index contributed by atoms with van der Waals surface area (Å²) < 4.78 is 0. The van der Waals surface area contributed by atoms with Crippen LogP contribution >= 0.6 is 6.72 Å². The van der Waals surface area contributed by atoms with Gasteiger partial charge in [-0.1, -0.05) is 0 Å². The molecule has 32 valence electrons. The summed E-state index contributed by atoms with van der Waals surface area (Å²) in [4.78, 5) is 26.8. The van der Waals surface area contributed by atoms with Crippen LogP contribution in [0.25, 0.3) is 0 Å². The maximum atomic E-state index is 8.92. The van der Waals surface area contributed by atoms with E-state index in [1.54, 1.807) is 0 Å². The summed E-state index contributed by atoms with van der Waals surface area (Å²) in [5, 5.41) is 0. The maximum absolute atomic E-state index is 8.92. The SMILES string of the molecule is [Ca+2].[Ca+2].[O-]P([O-])([O-])=S. The van der Waals surface area contributed by atoms with Crippen molar-refractivity contribution in [1.29, 1.82) is 0 Å². The Kier molecular flexibility index (Phi) is 16.9. The van der Waals surface area contributed by atoms with Crippen LogP contribution in [0, 0.1) is 0 Å². The maximum Gasteiger partial charge on any atom is 2.00 e. The van der Waals surface area contributed by atoms with E-state index in [4.69, 9.17) is 14.7 Å². The Bertz CT molecular complexity index is 59.1. The summed E-state index contributed by atoms with van der Waals surface area (Å²) in [5.74, 6) is 0. The van der Waals surface area contributed by atoms with E-state index in [0.29, 0.717) is 0 Å². The van der Waals surface area contributed by atoms with Gasteiger partial charge in [0.15, 0.2) is 0 Å². The molecule has 3 nitrogen and oxygen atoms in total. The molecule has 0 spiro atoms. The van der Waals surface area contributed by atoms with Crippen LogP contribution in [0.4, 0.5) is 0 Å². The van der Waals surface area contributed by atoms with Crippen molar-refractivity contribution < 1.29 is 14.7 Å². The van der Waals surface area contributed by atoms with Crippen LogP contribution in [0.3, 0.4) is 0 Å². The van der Waals surface area contributed by atoms with E-state index in [1.165, 1.54) is 0 Å². The van der Waals surface area contributed by atoms with Gasteiger partial charge in [0.1, 0.15) is 0 Å². The molecule has 0 aliphatic carbocycles. The van der Waals surface area contributed by atoms with Gasteiger partial charge in [-0.2, -0.15) is 11.8 Å². The van der Waals surface area contributed by atoms with Gasteiger partial charge in [-0.3, -0.25) is 0 Å². The van der Waals surface area contributed by atoms with Crippen LogP contribution < -0.4 is 14.7 Å². The summed E-state index contributed by atoms with van der Waals surface area (Å²) in [7, 11) is 0. The van der Waals surface area contributed by atoms with Crippen LogP contribution in [0.15, 0.2) is 0 Å². The van der Waals surface area contributed by atoms with Crippen LogP contribution in [0.1, 0.15) is 0 Å². The summed E-state index contributed by atoms with van der Waals surface area (Å²) in [6, 6.07) is 0. The Labute approximate surface area is 106 Å². The van der Waals surface area contributed by atoms with E-state index in [1.807, 2.05) is 0 Å². The van der Waals surface area contributed by atoms with Crippen molar-refractivity contribution in [2.45, 2.75) is 0 Å². The normalized spacial score (nSPS) is 8.43. The Hall–Kier alpha value is 3.05. The summed E-state index contributed by atoms with van der Waals surface area (Å²) in [5.41, 5.74) is 0. The van der Waals surface area contributed by atoms with Crippen molar-refractivity contribution in [3.63, 3.8) is 0 Å². The fourth-order valence-corrected chi connectivity index (χ4v) is 0. The third-order valence-electron chi connectivity index (χ3n) is 0. The van der Waals surface area contributed by atoms with E-state index >= 15 is 0 Å². The van der Waals surface area contributed by atoms with E-state index < -0.39 is 6.72 Å². The van der Waals surface area contributed by atoms with Crippen molar-refractivity contribution in [2.24, 2.45) is 0 Å². The van der Waals surface area contributed by atoms with Crippen molar-refractivity contribution in [2.75, 3.05) is 0 Å². The van der Waals surface area contributed by atoms with Crippen molar-refractivity contribution in [3.05, 3.63) is 0 Å². The minimum Gasteiger partial charge on any atom is -0.844 e. The number of hydrogen-bond donors (Lipinski definition) is 0. The molecule has 0 aliphatic heterocycles. The summed E-state index contributed by atoms with van der Waals surface area (Å²) in [6.07, 6.45) is 0. The second kappa shape index (κ2) is 7.16. The van der Waals surface area contributed by atoms with Crippen LogP contribution in [-0.4, -0.2) is 75.5 Å². The molecule has 0 radical (unpaired) electrons. The largest absolute Gasteiger partial charge is 2.00 e. The smallest absolute Gasteiger partial charge is 0.844 e. The molecule has 7 heteroatoms. The van der Waals surface area contributed by atoms with Gasteiger partial charge < -0.3 is 21.4 Å². The molecule has 0 aliphatic rings. The summed E-state index contributed by atoms with van der Waals surface area (Å²) in [6.45, 7) is -4.56. The molecular weight excluding hydrogens is 191 g/mol. The van der Waals surface area contributed by atoms with Gasteiger partial charge in [-0.15, -0.1) is 0 Å². The van der Waals surface area contributed by atoms with E-state index in [0.717, 1.165) is 0 Å². The van der Waals surface area contributed by atoms with Gasteiger partial charge in [0.05, 0.1) is 0 Å². The predicted molar refractivity (Wildman–Crippen MR) is 25.8 cm³/mol. The molecular formula is Ca2O3PS+. The minimum absolute atomic E-state index is 0. The minimum atomic E-state index is -4.56. The molecule has 0 heterocycles. The Morgan fingerprint density at radius 3 is 1.00 bits per heavy atom. The molecule has 0 saturated carbocycles. The quantitative estimate of drug-likeness (QED) is 0.295. The van der Waals surface area contributed by atoms with Gasteiger partial charge >= 0.3 is 75.5 Å². The molecule has 0 rings (SSSR count). The van der Waals surface area contributed by atoms with Crippen LogP contribution in [-0.2, 0) is 11.8 Å². The number of hydrogen-bond acceptors (Lipinski definition) is 4. The molecule has 0 amide bonds. The third kappa shape index (κ3) is 48.4. The van der Waals surface area contributed by atoms with Gasteiger partial charge in [-0.25, -0.2) is 0 Å². The molecule has 0 atom stereocenters. The molecule has 0 aromatic rings. The summed E-state index contributed by atoms with van der Waals surface area (Å²) >= 11 is 3.27. The van der Waals surface area contributed by atoms with E-state index in [-0.39, 0.29) is 75.5 Å². The molecule has 0 fully saturated rings. The van der Waals surface area contributed by atoms with Gasteiger partial charge in [-0.05, 0) is 0 Å². The molecule has 0 bridgehead atoms. The third-order valence-corrected chi connectivity index (χ3v) is 0. The first-order valence-corrected chi connectivity index (χ1v) is 3.29. The molecule has 0 N–H and O–H groups in total. The fraction of sp³-hybridized carbons (Fsp3) is 0. The van der Waals surface area contributed by atoms with Gasteiger partial charge in [0.25, 0.3) is 0 Å². The zero-order valence-corrected chi connectivity index (χ0v) is 9.62. The monoisotopic (exact) mass is 191 g/mol. The van der Waals surface area contributed by atoms with Gasteiger partial charge in [0, 0.05) is 0 Å². The predicted octanol–water partition coefficient (Wildman–Crippen LogP) is -3.47. The molecule has 0 saturated heterocycles. The van der Waals surface area contributed by atoms with Crippen molar-refractivity contribution in [1.82, 2.24) is 0 Å². The average Bonchev–Trinajstić information content (AvgIpc) is 0.722. The van der Waals surface area contributed by atoms with Crippen LogP contribution in [0.2, 0.25) is 0 Å². The second-order valence-electron chi connectivity index (χ2n) is 0.447. The van der Waals surface area contributed by atoms with Crippen molar-refractivity contribution >= 4 is 94.0 Å². The van der Waals surface area contributed by atoms with E-state index in [9.17, 15) is 0 Å². The fourth-order valence-electron chi connectivity index (χ4n) is 0. The molecule has 0 aromatic carbocycles. The van der Waals surface area contributed by atoms with Gasteiger partial charge in [0.2, 0.25) is 0 Å². The molecule has 0 aromatic heterocycles.